The van der Waals surface area contributed by atoms with E-state index in [1.807, 2.05) is 4.90 Å². The number of carboxylic acids is 1. The van der Waals surface area contributed by atoms with Crippen LogP contribution < -0.4 is 4.74 Å². The van der Waals surface area contributed by atoms with Gasteiger partial charge in [0.25, 0.3) is 0 Å². The van der Waals surface area contributed by atoms with E-state index in [1.165, 1.54) is 0 Å². The number of carbonyl (C=O) groups is 1. The van der Waals surface area contributed by atoms with Gasteiger partial charge >= 0.3 is 5.97 Å². The van der Waals surface area contributed by atoms with Crippen molar-refractivity contribution < 1.29 is 14.6 Å². The molecule has 1 aliphatic heterocycles. The summed E-state index contributed by atoms with van der Waals surface area (Å²) in [6.45, 7) is 1.96. The lowest BCUT2D eigenvalue weighted by atomic mass is 10.2. The third-order valence-electron chi connectivity index (χ3n) is 3.11. The van der Waals surface area contributed by atoms with Gasteiger partial charge in [-0.25, -0.2) is 0 Å². The second-order valence-corrected chi connectivity index (χ2v) is 4.77. The molecule has 1 aliphatic rings. The molecule has 4 nitrogen and oxygen atoms in total. The number of benzene rings is 1. The average Bonchev–Trinajstić information content (AvgIpc) is 2.80. The third-order valence-corrected chi connectivity index (χ3v) is 3.36. The molecule has 1 fully saturated rings. The lowest BCUT2D eigenvalue weighted by Gasteiger charge is -2.20. The SMILES string of the molecule is O=C(O)[C@@H]1CCCN1CCOc1ccc(Cl)cc1. The molecular formula is C13H16ClNO3. The maximum absolute atomic E-state index is 11.0. The van der Waals surface area contributed by atoms with E-state index in [0.717, 1.165) is 25.1 Å². The van der Waals surface area contributed by atoms with Crippen LogP contribution >= 0.6 is 11.6 Å². The highest BCUT2D eigenvalue weighted by Gasteiger charge is 2.29. The smallest absolute Gasteiger partial charge is 0.320 e. The van der Waals surface area contributed by atoms with E-state index in [-0.39, 0.29) is 6.04 Å². The highest BCUT2D eigenvalue weighted by Crippen LogP contribution is 2.18. The van der Waals surface area contributed by atoms with Gasteiger partial charge in [-0.3, -0.25) is 9.69 Å². The van der Waals surface area contributed by atoms with Crippen molar-refractivity contribution in [3.05, 3.63) is 29.3 Å². The molecule has 0 aliphatic carbocycles. The van der Waals surface area contributed by atoms with Crippen LogP contribution in [0.4, 0.5) is 0 Å². The summed E-state index contributed by atoms with van der Waals surface area (Å²) in [7, 11) is 0. The van der Waals surface area contributed by atoms with Crippen molar-refractivity contribution in [3.8, 4) is 5.75 Å². The summed E-state index contributed by atoms with van der Waals surface area (Å²) >= 11 is 5.77. The largest absolute Gasteiger partial charge is 0.492 e. The number of hydrogen-bond donors (Lipinski definition) is 1. The van der Waals surface area contributed by atoms with Crippen LogP contribution in [0.25, 0.3) is 0 Å². The Morgan fingerprint density at radius 1 is 1.44 bits per heavy atom. The molecule has 0 amide bonds. The van der Waals surface area contributed by atoms with E-state index >= 15 is 0 Å². The summed E-state index contributed by atoms with van der Waals surface area (Å²) in [5.41, 5.74) is 0. The maximum atomic E-state index is 11.0. The topological polar surface area (TPSA) is 49.8 Å². The van der Waals surface area contributed by atoms with Crippen molar-refractivity contribution >= 4 is 17.6 Å². The predicted molar refractivity (Wildman–Crippen MR) is 69.2 cm³/mol. The van der Waals surface area contributed by atoms with Gasteiger partial charge in [0, 0.05) is 11.6 Å². The number of ether oxygens (including phenoxy) is 1. The number of aliphatic carboxylic acids is 1. The van der Waals surface area contributed by atoms with Gasteiger partial charge < -0.3 is 9.84 Å². The minimum absolute atomic E-state index is 0.348. The van der Waals surface area contributed by atoms with Gasteiger partial charge in [-0.1, -0.05) is 11.6 Å². The zero-order valence-electron chi connectivity index (χ0n) is 10.0. The number of hydrogen-bond acceptors (Lipinski definition) is 3. The van der Waals surface area contributed by atoms with Crippen molar-refractivity contribution in [2.45, 2.75) is 18.9 Å². The second-order valence-electron chi connectivity index (χ2n) is 4.33. The van der Waals surface area contributed by atoms with Crippen LogP contribution in [0.5, 0.6) is 5.75 Å². The molecule has 1 aromatic carbocycles. The second kappa shape index (κ2) is 6.07. The van der Waals surface area contributed by atoms with Crippen LogP contribution in [-0.2, 0) is 4.79 Å². The molecule has 0 bridgehead atoms. The summed E-state index contributed by atoms with van der Waals surface area (Å²) in [6, 6.07) is 6.81. The van der Waals surface area contributed by atoms with Gasteiger partial charge in [-0.15, -0.1) is 0 Å². The number of rotatable bonds is 5. The van der Waals surface area contributed by atoms with Crippen molar-refractivity contribution in [1.29, 1.82) is 0 Å². The molecule has 1 atom stereocenters. The maximum Gasteiger partial charge on any atom is 0.320 e. The summed E-state index contributed by atoms with van der Waals surface area (Å²) in [5.74, 6) is 0.0180. The Balaban J connectivity index is 1.78. The Morgan fingerprint density at radius 3 is 2.83 bits per heavy atom. The first-order valence-corrected chi connectivity index (χ1v) is 6.40. The van der Waals surface area contributed by atoms with Crippen LogP contribution in [0, 0.1) is 0 Å². The fourth-order valence-corrected chi connectivity index (χ4v) is 2.31. The van der Waals surface area contributed by atoms with E-state index in [2.05, 4.69) is 0 Å². The van der Waals surface area contributed by atoms with Crippen molar-refractivity contribution in [2.75, 3.05) is 19.7 Å². The summed E-state index contributed by atoms with van der Waals surface area (Å²) < 4.78 is 5.56. The van der Waals surface area contributed by atoms with Crippen LogP contribution in [0.3, 0.4) is 0 Å². The molecule has 5 heteroatoms. The van der Waals surface area contributed by atoms with Gasteiger partial charge in [-0.05, 0) is 43.7 Å². The molecule has 1 heterocycles. The average molecular weight is 270 g/mol. The molecule has 2 rings (SSSR count). The monoisotopic (exact) mass is 269 g/mol. The van der Waals surface area contributed by atoms with Crippen molar-refractivity contribution in [2.24, 2.45) is 0 Å². The Bertz CT molecular complexity index is 407. The molecule has 0 radical (unpaired) electrons. The fraction of sp³-hybridized carbons (Fsp3) is 0.462. The summed E-state index contributed by atoms with van der Waals surface area (Å²) in [5, 5.41) is 9.71. The van der Waals surface area contributed by atoms with E-state index in [0.29, 0.717) is 18.2 Å². The number of nitrogens with zero attached hydrogens (tertiary/aromatic N) is 1. The highest BCUT2D eigenvalue weighted by atomic mass is 35.5. The van der Waals surface area contributed by atoms with E-state index in [4.69, 9.17) is 21.4 Å². The summed E-state index contributed by atoms with van der Waals surface area (Å²) in [4.78, 5) is 12.9. The molecule has 0 spiro atoms. The lowest BCUT2D eigenvalue weighted by molar-refractivity contribution is -0.142. The number of carboxylic acid groups (broad SMARTS) is 1. The fourth-order valence-electron chi connectivity index (χ4n) is 2.19. The van der Waals surface area contributed by atoms with Crippen LogP contribution in [0.1, 0.15) is 12.8 Å². The molecule has 1 aromatic rings. The third kappa shape index (κ3) is 3.37. The molecule has 18 heavy (non-hydrogen) atoms. The van der Waals surface area contributed by atoms with Gasteiger partial charge in [0.15, 0.2) is 0 Å². The Morgan fingerprint density at radius 2 is 2.17 bits per heavy atom. The van der Waals surface area contributed by atoms with Crippen LogP contribution in [0.15, 0.2) is 24.3 Å². The Labute approximate surface area is 111 Å². The van der Waals surface area contributed by atoms with Crippen LogP contribution in [-0.4, -0.2) is 41.7 Å². The molecule has 0 aromatic heterocycles. The minimum Gasteiger partial charge on any atom is -0.492 e. The standard InChI is InChI=1S/C13H16ClNO3/c14-10-3-5-11(6-4-10)18-9-8-15-7-1-2-12(15)13(16)17/h3-6,12H,1-2,7-9H2,(H,16,17)/t12-/m0/s1. The first kappa shape index (κ1) is 13.2. The van der Waals surface area contributed by atoms with E-state index in [1.54, 1.807) is 24.3 Å². The number of likely N-dealkylation sites (tertiary alicyclic amines) is 1. The van der Waals surface area contributed by atoms with Gasteiger partial charge in [-0.2, -0.15) is 0 Å². The lowest BCUT2D eigenvalue weighted by Crippen LogP contribution is -2.38. The van der Waals surface area contributed by atoms with Gasteiger partial charge in [0.1, 0.15) is 18.4 Å². The predicted octanol–water partition coefficient (Wildman–Crippen LogP) is 2.27. The van der Waals surface area contributed by atoms with Gasteiger partial charge in [0.2, 0.25) is 0 Å². The van der Waals surface area contributed by atoms with E-state index in [9.17, 15) is 4.79 Å². The molecule has 98 valence electrons. The Hall–Kier alpha value is -1.26. The zero-order chi connectivity index (χ0) is 13.0. The first-order chi connectivity index (χ1) is 8.66. The molecular weight excluding hydrogens is 254 g/mol. The van der Waals surface area contributed by atoms with Crippen molar-refractivity contribution in [3.63, 3.8) is 0 Å². The number of halogens is 1. The summed E-state index contributed by atoms with van der Waals surface area (Å²) in [6.07, 6.45) is 1.67. The molecule has 0 saturated carbocycles. The molecule has 0 unspecified atom stereocenters. The Kier molecular flexibility index (Phi) is 4.44. The van der Waals surface area contributed by atoms with Crippen molar-refractivity contribution in [1.82, 2.24) is 4.90 Å². The first-order valence-electron chi connectivity index (χ1n) is 6.02. The van der Waals surface area contributed by atoms with Crippen LogP contribution in [0.2, 0.25) is 5.02 Å². The van der Waals surface area contributed by atoms with E-state index < -0.39 is 5.97 Å². The molecule has 1 saturated heterocycles. The molecule has 1 N–H and O–H groups in total. The normalized spacial score (nSPS) is 19.9. The highest BCUT2D eigenvalue weighted by molar-refractivity contribution is 6.30. The zero-order valence-corrected chi connectivity index (χ0v) is 10.8. The minimum atomic E-state index is -0.737. The van der Waals surface area contributed by atoms with Gasteiger partial charge in [0.05, 0.1) is 0 Å². The quantitative estimate of drug-likeness (QED) is 0.891.